The Bertz CT molecular complexity index is 1660. The number of hydrogen-bond donors (Lipinski definition) is 2. The van der Waals surface area contributed by atoms with Gasteiger partial charge >= 0.3 is 6.18 Å². The molecule has 0 bridgehead atoms. The molecule has 1 aliphatic carbocycles. The molecule has 0 atom stereocenters. The number of anilines is 2. The van der Waals surface area contributed by atoms with Gasteiger partial charge in [0.25, 0.3) is 5.91 Å². The van der Waals surface area contributed by atoms with Crippen molar-refractivity contribution in [2.45, 2.75) is 25.9 Å². The topological polar surface area (TPSA) is 102 Å². The zero-order valence-corrected chi connectivity index (χ0v) is 21.5. The van der Waals surface area contributed by atoms with Gasteiger partial charge in [0, 0.05) is 53.9 Å². The van der Waals surface area contributed by atoms with Gasteiger partial charge in [-0.05, 0) is 55.7 Å². The zero-order valence-electron chi connectivity index (χ0n) is 21.5. The molecule has 2 aromatic carbocycles. The van der Waals surface area contributed by atoms with Gasteiger partial charge in [-0.3, -0.25) is 14.9 Å². The fourth-order valence-electron chi connectivity index (χ4n) is 3.83. The fraction of sp³-hybridized carbons (Fsp3) is 0.207. The van der Waals surface area contributed by atoms with Crippen molar-refractivity contribution in [1.29, 1.82) is 0 Å². The van der Waals surface area contributed by atoms with Crippen molar-refractivity contribution in [1.82, 2.24) is 19.5 Å². The molecule has 2 amide bonds. The smallest absolute Gasteiger partial charge is 0.340 e. The first-order valence-corrected chi connectivity index (χ1v) is 12.3. The summed E-state index contributed by atoms with van der Waals surface area (Å²) in [5.41, 5.74) is 1.74. The molecule has 2 N–H and O–H groups in total. The molecule has 2 aromatic heterocycles. The molecule has 0 unspecified atom stereocenters. The summed E-state index contributed by atoms with van der Waals surface area (Å²) in [5.74, 6) is 5.47. The van der Waals surface area contributed by atoms with Crippen LogP contribution in [-0.4, -0.2) is 31.3 Å². The molecule has 0 spiro atoms. The Labute approximate surface area is 227 Å². The number of benzene rings is 2. The van der Waals surface area contributed by atoms with Crippen LogP contribution in [0.5, 0.6) is 0 Å². The van der Waals surface area contributed by atoms with Gasteiger partial charge in [0.05, 0.1) is 23.1 Å². The van der Waals surface area contributed by atoms with E-state index in [0.29, 0.717) is 16.8 Å². The average molecular weight is 545 g/mol. The van der Waals surface area contributed by atoms with E-state index in [1.807, 2.05) is 6.92 Å². The van der Waals surface area contributed by atoms with E-state index in [9.17, 15) is 22.8 Å². The molecule has 1 aliphatic rings. The molecular formula is C29H23F3N6O2. The van der Waals surface area contributed by atoms with Crippen molar-refractivity contribution < 1.29 is 22.8 Å². The van der Waals surface area contributed by atoms with E-state index in [2.05, 4.69) is 37.4 Å². The van der Waals surface area contributed by atoms with Crippen LogP contribution in [0.1, 0.15) is 45.5 Å². The second-order valence-electron chi connectivity index (χ2n) is 9.51. The van der Waals surface area contributed by atoms with Crippen LogP contribution in [0, 0.1) is 24.7 Å². The molecule has 0 saturated heterocycles. The molecule has 4 aromatic rings. The largest absolute Gasteiger partial charge is 0.416 e. The summed E-state index contributed by atoms with van der Waals surface area (Å²) in [6.45, 7) is 1.82. The van der Waals surface area contributed by atoms with Crippen molar-refractivity contribution in [2.24, 2.45) is 13.0 Å². The van der Waals surface area contributed by atoms with E-state index in [0.717, 1.165) is 30.5 Å². The number of aromatic nitrogens is 4. The Morgan fingerprint density at radius 1 is 1.00 bits per heavy atom. The normalized spacial score (nSPS) is 12.8. The lowest BCUT2D eigenvalue weighted by Gasteiger charge is -2.13. The SMILES string of the molecule is Cc1ccc(C(=O)Nc2cc(-c3cn(C)cn3)cc(C(F)(F)F)c2)cc1C#Cc1cnc(NC(=O)C2CC2)nc1. The predicted molar refractivity (Wildman–Crippen MR) is 142 cm³/mol. The third kappa shape index (κ3) is 6.35. The maximum absolute atomic E-state index is 13.6. The van der Waals surface area contributed by atoms with Gasteiger partial charge in [0.1, 0.15) is 0 Å². The number of nitrogens with zero attached hydrogens (tertiary/aromatic N) is 4. The number of carbonyl (C=O) groups excluding carboxylic acids is 2. The van der Waals surface area contributed by atoms with Gasteiger partial charge in [-0.25, -0.2) is 15.0 Å². The lowest BCUT2D eigenvalue weighted by Crippen LogP contribution is -2.15. The minimum atomic E-state index is -4.61. The molecular weight excluding hydrogens is 521 g/mol. The monoisotopic (exact) mass is 544 g/mol. The third-order valence-corrected chi connectivity index (χ3v) is 6.20. The zero-order chi connectivity index (χ0) is 28.4. The standard InChI is InChI=1S/C29H23F3N6O2/c1-17-3-5-21(9-20(17)6-4-18-13-33-28(34-14-18)37-26(39)19-7-8-19)27(40)36-24-11-22(25-15-38(2)16-35-25)10-23(12-24)29(30,31)32/h3,5,9-16,19H,7-8H2,1-2H3,(H,36,40)(H,33,34,37,39). The number of carbonyl (C=O) groups is 2. The van der Waals surface area contributed by atoms with Crippen molar-refractivity contribution >= 4 is 23.5 Å². The number of halogens is 3. The lowest BCUT2D eigenvalue weighted by atomic mass is 10.0. The molecule has 1 fully saturated rings. The van der Waals surface area contributed by atoms with Gasteiger partial charge in [-0.2, -0.15) is 13.2 Å². The van der Waals surface area contributed by atoms with Gasteiger partial charge < -0.3 is 9.88 Å². The summed E-state index contributed by atoms with van der Waals surface area (Å²) in [4.78, 5) is 37.2. The van der Waals surface area contributed by atoms with Gasteiger partial charge in [0.15, 0.2) is 0 Å². The molecule has 8 nitrogen and oxygen atoms in total. The quantitative estimate of drug-likeness (QED) is 0.336. The van der Waals surface area contributed by atoms with E-state index in [4.69, 9.17) is 0 Å². The number of alkyl halides is 3. The fourth-order valence-corrected chi connectivity index (χ4v) is 3.83. The Balaban J connectivity index is 1.35. The summed E-state index contributed by atoms with van der Waals surface area (Å²) < 4.78 is 42.4. The highest BCUT2D eigenvalue weighted by molar-refractivity contribution is 6.05. The minimum Gasteiger partial charge on any atom is -0.340 e. The van der Waals surface area contributed by atoms with E-state index in [1.165, 1.54) is 24.8 Å². The summed E-state index contributed by atoms with van der Waals surface area (Å²) >= 11 is 0. The van der Waals surface area contributed by atoms with Gasteiger partial charge in [-0.15, -0.1) is 0 Å². The van der Waals surface area contributed by atoms with Gasteiger partial charge in [-0.1, -0.05) is 17.9 Å². The van der Waals surface area contributed by atoms with Crippen LogP contribution in [-0.2, 0) is 18.0 Å². The highest BCUT2D eigenvalue weighted by Gasteiger charge is 2.32. The summed E-state index contributed by atoms with van der Waals surface area (Å²) in [7, 11) is 1.71. The molecule has 1 saturated carbocycles. The molecule has 202 valence electrons. The van der Waals surface area contributed by atoms with Crippen molar-refractivity contribution in [3.05, 3.63) is 89.1 Å². The third-order valence-electron chi connectivity index (χ3n) is 6.20. The van der Waals surface area contributed by atoms with Crippen molar-refractivity contribution in [2.75, 3.05) is 10.6 Å². The average Bonchev–Trinajstić information content (AvgIpc) is 3.68. The Morgan fingerprint density at radius 3 is 2.40 bits per heavy atom. The second-order valence-corrected chi connectivity index (χ2v) is 9.51. The Hall–Kier alpha value is -4.98. The molecule has 11 heteroatoms. The molecule has 5 rings (SSSR count). The van der Waals surface area contributed by atoms with E-state index in [-0.39, 0.29) is 34.6 Å². The first-order valence-electron chi connectivity index (χ1n) is 12.3. The van der Waals surface area contributed by atoms with Crippen LogP contribution >= 0.6 is 0 Å². The van der Waals surface area contributed by atoms with E-state index >= 15 is 0 Å². The Morgan fingerprint density at radius 2 is 1.75 bits per heavy atom. The minimum absolute atomic E-state index is 0.0142. The highest BCUT2D eigenvalue weighted by atomic mass is 19.4. The van der Waals surface area contributed by atoms with Crippen LogP contribution < -0.4 is 10.6 Å². The Kier molecular flexibility index (Phi) is 7.09. The van der Waals surface area contributed by atoms with Crippen LogP contribution in [0.15, 0.2) is 61.3 Å². The summed E-state index contributed by atoms with van der Waals surface area (Å²) in [6.07, 6.45) is 3.19. The number of hydrogen-bond acceptors (Lipinski definition) is 5. The second kappa shape index (κ2) is 10.6. The molecule has 0 radical (unpaired) electrons. The maximum atomic E-state index is 13.6. The summed E-state index contributed by atoms with van der Waals surface area (Å²) in [5, 5.41) is 5.22. The first kappa shape index (κ1) is 26.6. The highest BCUT2D eigenvalue weighted by Crippen LogP contribution is 2.35. The van der Waals surface area contributed by atoms with Gasteiger partial charge in [0.2, 0.25) is 11.9 Å². The molecule has 2 heterocycles. The van der Waals surface area contributed by atoms with E-state index in [1.54, 1.807) is 36.0 Å². The van der Waals surface area contributed by atoms with Crippen molar-refractivity contribution in [3.63, 3.8) is 0 Å². The van der Waals surface area contributed by atoms with Crippen LogP contribution in [0.25, 0.3) is 11.3 Å². The lowest BCUT2D eigenvalue weighted by molar-refractivity contribution is -0.137. The van der Waals surface area contributed by atoms with Crippen LogP contribution in [0.2, 0.25) is 0 Å². The number of rotatable bonds is 5. The molecule has 40 heavy (non-hydrogen) atoms. The number of aryl methyl sites for hydroxylation is 2. The number of nitrogens with one attached hydrogen (secondary N) is 2. The van der Waals surface area contributed by atoms with E-state index < -0.39 is 17.6 Å². The van der Waals surface area contributed by atoms with Crippen LogP contribution in [0.4, 0.5) is 24.8 Å². The predicted octanol–water partition coefficient (Wildman–Crippen LogP) is 5.20. The molecule has 0 aliphatic heterocycles. The van der Waals surface area contributed by atoms with Crippen LogP contribution in [0.3, 0.4) is 0 Å². The maximum Gasteiger partial charge on any atom is 0.416 e. The number of imidazole rings is 1. The summed E-state index contributed by atoms with van der Waals surface area (Å²) in [6, 6.07) is 8.17. The number of amides is 2. The first-order chi connectivity index (χ1) is 19.0. The van der Waals surface area contributed by atoms with Crippen molar-refractivity contribution in [3.8, 4) is 23.1 Å².